The first-order chi connectivity index (χ1) is 3.91. The Hall–Kier alpha value is 4.47. The van der Waals surface area contributed by atoms with Gasteiger partial charge in [0.1, 0.15) is 0 Å². The molecule has 0 fully saturated rings. The summed E-state index contributed by atoms with van der Waals surface area (Å²) in [5.41, 5.74) is 0. The van der Waals surface area contributed by atoms with Crippen molar-refractivity contribution in [3.8, 4) is 0 Å². The van der Waals surface area contributed by atoms with Gasteiger partial charge in [-0.25, -0.2) is 0 Å². The second kappa shape index (κ2) is 11.5. The Labute approximate surface area is 96.5 Å². The van der Waals surface area contributed by atoms with Crippen LogP contribution in [0.3, 0.4) is 0 Å². The topological polar surface area (TPSA) is 0 Å². The van der Waals surface area contributed by atoms with Crippen molar-refractivity contribution in [3.63, 3.8) is 0 Å². The maximum absolute atomic E-state index is 2.83. The van der Waals surface area contributed by atoms with E-state index in [0.29, 0.717) is 0 Å². The Morgan fingerprint density at radius 2 is 1.00 bits per heavy atom. The fourth-order valence-corrected chi connectivity index (χ4v) is 271. The zero-order valence-corrected chi connectivity index (χ0v) is 18.6. The molecule has 0 saturated carbocycles. The van der Waals surface area contributed by atoms with E-state index in [4.69, 9.17) is 0 Å². The van der Waals surface area contributed by atoms with Gasteiger partial charge in [-0.3, -0.25) is 0 Å². The maximum atomic E-state index is 2.83. The number of hydrogen-bond donors (Lipinski definition) is 0. The molecule has 0 unspecified atom stereocenters. The van der Waals surface area contributed by atoms with Gasteiger partial charge in [0, 0.05) is 0 Å². The Morgan fingerprint density at radius 1 is 0.625 bits per heavy atom. The van der Waals surface area contributed by atoms with Crippen LogP contribution in [0.2, 0.25) is 0 Å². The molecule has 0 aliphatic carbocycles. The third-order valence-corrected chi connectivity index (χ3v) is 146. The van der Waals surface area contributed by atoms with Gasteiger partial charge in [0.15, 0.2) is 0 Å². The predicted octanol–water partition coefficient (Wildman–Crippen LogP) is -3.05. The first kappa shape index (κ1) is 12.5. The van der Waals surface area contributed by atoms with Gasteiger partial charge in [-0.2, -0.15) is 0 Å². The standard InChI is InChI=1S/As8/c1-3-5-7-8-6-4-2. The molecule has 0 amide bonds. The fourth-order valence-electron chi connectivity index (χ4n) is 0.0716. The van der Waals surface area contributed by atoms with Gasteiger partial charge in [-0.05, 0) is 0 Å². The van der Waals surface area contributed by atoms with Crippen LogP contribution in [0.5, 0.6) is 0 Å². The Balaban J connectivity index is 2.53. The molecular formula is As8. The molecule has 0 saturated heterocycles. The van der Waals surface area contributed by atoms with Gasteiger partial charge in [0.05, 0.1) is 0 Å². The molecule has 8 heavy (non-hydrogen) atoms. The monoisotopic (exact) mass is 599 g/mol. The molecule has 0 heterocycles. The summed E-state index contributed by atoms with van der Waals surface area (Å²) in [7, 11) is 0. The third-order valence-electron chi connectivity index (χ3n) is 0.200. The second-order valence-corrected chi connectivity index (χ2v) is 75.3. The normalized spacial score (nSPS) is 18.8. The molecule has 40 valence electrons. The van der Waals surface area contributed by atoms with Gasteiger partial charge in [0.25, 0.3) is 0 Å². The molecule has 0 aliphatic heterocycles. The van der Waals surface area contributed by atoms with E-state index in [1.54, 1.807) is 0 Å². The van der Waals surface area contributed by atoms with E-state index >= 15 is 0 Å². The van der Waals surface area contributed by atoms with Crippen molar-refractivity contribution in [1.82, 2.24) is 0 Å². The van der Waals surface area contributed by atoms with Gasteiger partial charge in [-0.1, -0.05) is 0 Å². The summed E-state index contributed by atoms with van der Waals surface area (Å²) < 4.78 is 0. The summed E-state index contributed by atoms with van der Waals surface area (Å²) in [6.07, 6.45) is 0. The molecule has 0 aromatic rings. The molecule has 0 nitrogen and oxygen atoms in total. The minimum absolute atomic E-state index is 0.821. The van der Waals surface area contributed by atoms with Crippen molar-refractivity contribution in [3.05, 3.63) is 0 Å². The Morgan fingerprint density at radius 3 is 1.25 bits per heavy atom. The van der Waals surface area contributed by atoms with E-state index in [2.05, 4.69) is 29.6 Å². The summed E-state index contributed by atoms with van der Waals surface area (Å²) in [5.74, 6) is 0. The van der Waals surface area contributed by atoms with E-state index in [-0.39, 0.29) is 0 Å². The average molecular weight is 599 g/mol. The molecule has 0 aliphatic rings. The summed E-state index contributed by atoms with van der Waals surface area (Å²) in [6, 6.07) is 0. The van der Waals surface area contributed by atoms with Crippen molar-refractivity contribution >= 4 is 99.3 Å². The zero-order chi connectivity index (χ0) is 6.24. The molecule has 0 N–H and O–H groups in total. The molecule has 10 radical (unpaired) electrons. The van der Waals surface area contributed by atoms with Crippen molar-refractivity contribution in [2.45, 2.75) is 0 Å². The Bertz CT molecular complexity index is 25.0. The molecule has 0 aromatic heterocycles. The molecule has 0 atom stereocenters. The minimum atomic E-state index is 0.821. The van der Waals surface area contributed by atoms with Gasteiger partial charge in [0.2, 0.25) is 0 Å². The van der Waals surface area contributed by atoms with Crippen LogP contribution in [-0.2, 0) is 0 Å². The van der Waals surface area contributed by atoms with Gasteiger partial charge >= 0.3 is 99.3 Å². The summed E-state index contributed by atoms with van der Waals surface area (Å²) in [5, 5.41) is 0. The SMILES string of the molecule is [As][As][As][As][As][As][As][As]. The summed E-state index contributed by atoms with van der Waals surface area (Å²) in [6.45, 7) is 0. The van der Waals surface area contributed by atoms with E-state index in [0.717, 1.165) is 69.7 Å². The van der Waals surface area contributed by atoms with E-state index in [9.17, 15) is 0 Å². The average Bonchev–Trinajstić information content (AvgIpc) is 1.81. The van der Waals surface area contributed by atoms with Crippen LogP contribution >= 0.6 is 0 Å². The van der Waals surface area contributed by atoms with E-state index in [1.165, 1.54) is 0 Å². The van der Waals surface area contributed by atoms with Crippen LogP contribution in [0.25, 0.3) is 0 Å². The third kappa shape index (κ3) is 10.5. The molecule has 0 bridgehead atoms. The first-order valence-electron chi connectivity index (χ1n) is 1.40. The van der Waals surface area contributed by atoms with Crippen LogP contribution in [-0.4, -0.2) is 99.3 Å². The number of hydrogen-bond acceptors (Lipinski definition) is 0. The predicted molar refractivity (Wildman–Crippen MR) is 46.0 cm³/mol. The number of rotatable bonds is 5. The van der Waals surface area contributed by atoms with Crippen molar-refractivity contribution in [2.24, 2.45) is 0 Å². The van der Waals surface area contributed by atoms with Crippen LogP contribution in [0.1, 0.15) is 0 Å². The fraction of sp³-hybridized carbons (Fsp3) is 0. The zero-order valence-electron chi connectivity index (χ0n) is 3.58. The van der Waals surface area contributed by atoms with Crippen molar-refractivity contribution < 1.29 is 0 Å². The van der Waals surface area contributed by atoms with Crippen LogP contribution in [0, 0.1) is 0 Å². The van der Waals surface area contributed by atoms with Crippen LogP contribution in [0.4, 0.5) is 0 Å². The van der Waals surface area contributed by atoms with Gasteiger partial charge in [-0.15, -0.1) is 0 Å². The van der Waals surface area contributed by atoms with Crippen LogP contribution in [0.15, 0.2) is 0 Å². The quantitative estimate of drug-likeness (QED) is 0.233. The molecule has 0 aromatic carbocycles. The van der Waals surface area contributed by atoms with Crippen LogP contribution < -0.4 is 0 Å². The molecule has 8 heteroatoms. The second-order valence-electron chi connectivity index (χ2n) is 0.537. The first-order valence-corrected chi connectivity index (χ1v) is 37.8. The van der Waals surface area contributed by atoms with Crippen molar-refractivity contribution in [1.29, 1.82) is 0 Å². The Kier molecular flexibility index (Phi) is 17.9. The molecule has 0 spiro atoms. The summed E-state index contributed by atoms with van der Waals surface area (Å²) >= 11 is 11.2. The molecule has 0 rings (SSSR count). The van der Waals surface area contributed by atoms with E-state index < -0.39 is 0 Å². The van der Waals surface area contributed by atoms with Crippen molar-refractivity contribution in [2.75, 3.05) is 0 Å². The molecular weight excluding hydrogens is 599 g/mol. The summed E-state index contributed by atoms with van der Waals surface area (Å²) in [4.78, 5) is 0. The van der Waals surface area contributed by atoms with E-state index in [1.807, 2.05) is 0 Å². The van der Waals surface area contributed by atoms with Gasteiger partial charge < -0.3 is 0 Å².